The number of hydrogen-bond donors (Lipinski definition) is 1. The summed E-state index contributed by atoms with van der Waals surface area (Å²) in [6, 6.07) is 0. The van der Waals surface area contributed by atoms with Gasteiger partial charge in [0.2, 0.25) is 5.91 Å². The van der Waals surface area contributed by atoms with Gasteiger partial charge in [-0.2, -0.15) is 0 Å². The summed E-state index contributed by atoms with van der Waals surface area (Å²) in [5.41, 5.74) is 0.704. The van der Waals surface area contributed by atoms with Crippen molar-refractivity contribution in [2.45, 2.75) is 32.1 Å². The van der Waals surface area contributed by atoms with E-state index in [1.54, 1.807) is 24.7 Å². The van der Waals surface area contributed by atoms with Crippen LogP contribution >= 0.6 is 0 Å². The van der Waals surface area contributed by atoms with Crippen molar-refractivity contribution in [2.24, 2.45) is 17.8 Å². The minimum absolute atomic E-state index is 0.0428. The van der Waals surface area contributed by atoms with Gasteiger partial charge in [0.05, 0.1) is 11.9 Å². The summed E-state index contributed by atoms with van der Waals surface area (Å²) < 4.78 is 0. The average molecular weight is 271 g/mol. The summed E-state index contributed by atoms with van der Waals surface area (Å²) in [6.07, 6.45) is 14.9. The van der Waals surface area contributed by atoms with Gasteiger partial charge in [-0.05, 0) is 49.5 Å². The highest BCUT2D eigenvalue weighted by Crippen LogP contribution is 2.49. The Kier molecular flexibility index (Phi) is 4.09. The van der Waals surface area contributed by atoms with Crippen LogP contribution in [0, 0.1) is 17.8 Å². The largest absolute Gasteiger partial charge is 0.353 e. The molecule has 2 aliphatic carbocycles. The van der Waals surface area contributed by atoms with Crippen LogP contribution in [0.15, 0.2) is 24.7 Å². The molecule has 4 nitrogen and oxygen atoms in total. The fourth-order valence-electron chi connectivity index (χ4n) is 3.73. The van der Waals surface area contributed by atoms with E-state index >= 15 is 0 Å². The van der Waals surface area contributed by atoms with Gasteiger partial charge in [-0.15, -0.1) is 0 Å². The zero-order valence-electron chi connectivity index (χ0n) is 11.7. The van der Waals surface area contributed by atoms with E-state index in [0.717, 1.165) is 30.7 Å². The van der Waals surface area contributed by atoms with E-state index in [2.05, 4.69) is 15.3 Å². The maximum Gasteiger partial charge on any atom is 0.244 e. The standard InChI is InChI=1S/C16H21N3O/c20-16(4-3-15-11-17-7-8-18-15)19-6-5-14-10-12-1-2-13(14)9-12/h3-4,7-8,11-14H,1-2,5-6,9-10H2,(H,19,20). The van der Waals surface area contributed by atoms with Gasteiger partial charge in [-0.3, -0.25) is 14.8 Å². The minimum atomic E-state index is -0.0428. The van der Waals surface area contributed by atoms with Crippen LogP contribution in [0.1, 0.15) is 37.8 Å². The van der Waals surface area contributed by atoms with E-state index < -0.39 is 0 Å². The molecular formula is C16H21N3O. The van der Waals surface area contributed by atoms with E-state index in [1.165, 1.54) is 31.8 Å². The van der Waals surface area contributed by atoms with Gasteiger partial charge in [0.15, 0.2) is 0 Å². The summed E-state index contributed by atoms with van der Waals surface area (Å²) in [5.74, 6) is 2.72. The Bertz CT molecular complexity index is 486. The van der Waals surface area contributed by atoms with Crippen LogP contribution in [0.4, 0.5) is 0 Å². The number of rotatable bonds is 5. The smallest absolute Gasteiger partial charge is 0.244 e. The molecule has 3 rings (SSSR count). The summed E-state index contributed by atoms with van der Waals surface area (Å²) >= 11 is 0. The molecule has 0 radical (unpaired) electrons. The van der Waals surface area contributed by atoms with Crippen molar-refractivity contribution in [1.82, 2.24) is 15.3 Å². The monoisotopic (exact) mass is 271 g/mol. The predicted octanol–water partition coefficient (Wildman–Crippen LogP) is 2.43. The molecule has 1 amide bonds. The topological polar surface area (TPSA) is 54.9 Å². The molecule has 2 aliphatic rings. The van der Waals surface area contributed by atoms with Crippen molar-refractivity contribution in [1.29, 1.82) is 0 Å². The van der Waals surface area contributed by atoms with Crippen molar-refractivity contribution >= 4 is 12.0 Å². The zero-order chi connectivity index (χ0) is 13.8. The average Bonchev–Trinajstić information content (AvgIpc) is 3.09. The Morgan fingerprint density at radius 1 is 1.35 bits per heavy atom. The third-order valence-electron chi connectivity index (χ3n) is 4.69. The Hall–Kier alpha value is -1.71. The molecule has 3 atom stereocenters. The second kappa shape index (κ2) is 6.16. The van der Waals surface area contributed by atoms with Gasteiger partial charge in [0, 0.05) is 25.0 Å². The van der Waals surface area contributed by atoms with Gasteiger partial charge < -0.3 is 5.32 Å². The molecule has 1 N–H and O–H groups in total. The molecule has 2 bridgehead atoms. The first-order chi connectivity index (χ1) is 9.81. The predicted molar refractivity (Wildman–Crippen MR) is 77.6 cm³/mol. The maximum atomic E-state index is 11.7. The fraction of sp³-hybridized carbons (Fsp3) is 0.562. The zero-order valence-corrected chi connectivity index (χ0v) is 11.7. The third kappa shape index (κ3) is 3.24. The molecule has 1 aromatic rings. The molecule has 0 saturated heterocycles. The van der Waals surface area contributed by atoms with E-state index in [4.69, 9.17) is 0 Å². The van der Waals surface area contributed by atoms with Crippen LogP contribution in [0.5, 0.6) is 0 Å². The molecule has 3 unspecified atom stereocenters. The van der Waals surface area contributed by atoms with Crippen LogP contribution in [0.25, 0.3) is 6.08 Å². The number of carbonyl (C=O) groups is 1. The van der Waals surface area contributed by atoms with E-state index in [9.17, 15) is 4.79 Å². The first-order valence-corrected chi connectivity index (χ1v) is 7.53. The normalized spacial score (nSPS) is 28.1. The quantitative estimate of drug-likeness (QED) is 0.837. The van der Waals surface area contributed by atoms with Gasteiger partial charge in [-0.1, -0.05) is 6.42 Å². The number of nitrogens with one attached hydrogen (secondary N) is 1. The highest BCUT2D eigenvalue weighted by atomic mass is 16.1. The summed E-state index contributed by atoms with van der Waals surface area (Å²) in [6.45, 7) is 0.789. The maximum absolute atomic E-state index is 11.7. The third-order valence-corrected chi connectivity index (χ3v) is 4.69. The number of carbonyl (C=O) groups excluding carboxylic acids is 1. The number of fused-ring (bicyclic) bond motifs is 2. The lowest BCUT2D eigenvalue weighted by atomic mass is 9.86. The van der Waals surface area contributed by atoms with Gasteiger partial charge >= 0.3 is 0 Å². The Labute approximate surface area is 119 Å². The number of aromatic nitrogens is 2. The van der Waals surface area contributed by atoms with Crippen molar-refractivity contribution in [2.75, 3.05) is 6.54 Å². The Morgan fingerprint density at radius 3 is 3.00 bits per heavy atom. The van der Waals surface area contributed by atoms with Crippen molar-refractivity contribution in [3.63, 3.8) is 0 Å². The van der Waals surface area contributed by atoms with Crippen LogP contribution in [0.2, 0.25) is 0 Å². The second-order valence-corrected chi connectivity index (χ2v) is 5.98. The molecular weight excluding hydrogens is 250 g/mol. The van der Waals surface area contributed by atoms with Crippen LogP contribution < -0.4 is 5.32 Å². The summed E-state index contributed by atoms with van der Waals surface area (Å²) in [4.78, 5) is 19.7. The van der Waals surface area contributed by atoms with Gasteiger partial charge in [0.25, 0.3) is 0 Å². The highest BCUT2D eigenvalue weighted by molar-refractivity contribution is 5.91. The van der Waals surface area contributed by atoms with Gasteiger partial charge in [-0.25, -0.2) is 0 Å². The van der Waals surface area contributed by atoms with Crippen molar-refractivity contribution in [3.8, 4) is 0 Å². The van der Waals surface area contributed by atoms with Crippen LogP contribution in [-0.2, 0) is 4.79 Å². The Morgan fingerprint density at radius 2 is 2.30 bits per heavy atom. The first-order valence-electron chi connectivity index (χ1n) is 7.53. The molecule has 2 saturated carbocycles. The molecule has 0 spiro atoms. The SMILES string of the molecule is O=C(C=Cc1cnccn1)NCCC1CC2CCC1C2. The highest BCUT2D eigenvalue weighted by Gasteiger charge is 2.38. The molecule has 0 aliphatic heterocycles. The van der Waals surface area contributed by atoms with Crippen LogP contribution in [-0.4, -0.2) is 22.4 Å². The van der Waals surface area contributed by atoms with Crippen molar-refractivity contribution in [3.05, 3.63) is 30.4 Å². The lowest BCUT2D eigenvalue weighted by Gasteiger charge is -2.21. The molecule has 106 valence electrons. The lowest BCUT2D eigenvalue weighted by molar-refractivity contribution is -0.116. The second-order valence-electron chi connectivity index (χ2n) is 5.98. The number of hydrogen-bond acceptors (Lipinski definition) is 3. The molecule has 20 heavy (non-hydrogen) atoms. The van der Waals surface area contributed by atoms with Gasteiger partial charge in [0.1, 0.15) is 0 Å². The van der Waals surface area contributed by atoms with E-state index in [1.807, 2.05) is 0 Å². The van der Waals surface area contributed by atoms with E-state index in [0.29, 0.717) is 5.69 Å². The number of amides is 1. The molecule has 1 aromatic heterocycles. The molecule has 4 heteroatoms. The van der Waals surface area contributed by atoms with E-state index in [-0.39, 0.29) is 5.91 Å². The van der Waals surface area contributed by atoms with Crippen molar-refractivity contribution < 1.29 is 4.79 Å². The summed E-state index contributed by atoms with van der Waals surface area (Å²) in [5, 5.41) is 2.97. The summed E-state index contributed by atoms with van der Waals surface area (Å²) in [7, 11) is 0. The first kappa shape index (κ1) is 13.3. The number of nitrogens with zero attached hydrogens (tertiary/aromatic N) is 2. The Balaban J connectivity index is 1.38. The molecule has 0 aromatic carbocycles. The molecule has 1 heterocycles. The lowest BCUT2D eigenvalue weighted by Crippen LogP contribution is -2.25. The fourth-order valence-corrected chi connectivity index (χ4v) is 3.73. The minimum Gasteiger partial charge on any atom is -0.353 e. The van der Waals surface area contributed by atoms with Crippen LogP contribution in [0.3, 0.4) is 0 Å². The molecule has 2 fully saturated rings.